The molecule has 1 aliphatic rings. The Morgan fingerprint density at radius 3 is 2.70 bits per heavy atom. The van der Waals surface area contributed by atoms with Crippen LogP contribution in [0.1, 0.15) is 29.3 Å². The van der Waals surface area contributed by atoms with E-state index in [9.17, 15) is 19.5 Å². The lowest BCUT2D eigenvalue weighted by atomic mass is 10.2. The first kappa shape index (κ1) is 23.8. The minimum atomic E-state index is -0.647. The second-order valence-electron chi connectivity index (χ2n) is 6.73. The molecule has 1 aliphatic heterocycles. The molecular formula is C22H22N4O6S. The lowest BCUT2D eigenvalue weighted by molar-refractivity contribution is -0.122. The number of anilines is 1. The number of hydrogen-bond acceptors (Lipinski definition) is 9. The summed E-state index contributed by atoms with van der Waals surface area (Å²) in [4.78, 5) is 36.2. The molecule has 172 valence electrons. The van der Waals surface area contributed by atoms with Crippen LogP contribution >= 0.6 is 11.8 Å². The summed E-state index contributed by atoms with van der Waals surface area (Å²) in [5.41, 5.74) is 1.53. The van der Waals surface area contributed by atoms with Gasteiger partial charge in [0.2, 0.25) is 11.8 Å². The molecule has 1 fully saturated rings. The second kappa shape index (κ2) is 11.1. The van der Waals surface area contributed by atoms with Crippen LogP contribution in [0, 0.1) is 0 Å². The zero-order valence-corrected chi connectivity index (χ0v) is 18.7. The van der Waals surface area contributed by atoms with Crippen molar-refractivity contribution in [3.8, 4) is 11.5 Å². The van der Waals surface area contributed by atoms with Crippen molar-refractivity contribution in [1.29, 1.82) is 0 Å². The molecule has 2 amide bonds. The fourth-order valence-electron chi connectivity index (χ4n) is 2.79. The predicted molar refractivity (Wildman–Crippen MR) is 125 cm³/mol. The number of phenols is 1. The van der Waals surface area contributed by atoms with E-state index in [0.717, 1.165) is 11.8 Å². The van der Waals surface area contributed by atoms with Crippen molar-refractivity contribution in [2.24, 2.45) is 10.2 Å². The molecule has 0 saturated carbocycles. The van der Waals surface area contributed by atoms with E-state index < -0.39 is 11.2 Å². The van der Waals surface area contributed by atoms with Gasteiger partial charge < -0.3 is 25.2 Å². The number of hydrogen-bond donors (Lipinski definition) is 3. The zero-order chi connectivity index (χ0) is 23.8. The number of esters is 1. The summed E-state index contributed by atoms with van der Waals surface area (Å²) in [7, 11) is 1.44. The number of ether oxygens (including phenoxy) is 2. The highest BCUT2D eigenvalue weighted by molar-refractivity contribution is 8.15. The summed E-state index contributed by atoms with van der Waals surface area (Å²) >= 11 is 1.10. The van der Waals surface area contributed by atoms with Crippen molar-refractivity contribution in [2.75, 3.05) is 19.0 Å². The van der Waals surface area contributed by atoms with Gasteiger partial charge >= 0.3 is 5.97 Å². The Balaban J connectivity index is 1.53. The van der Waals surface area contributed by atoms with Gasteiger partial charge in [0.25, 0.3) is 0 Å². The number of methoxy groups -OCH3 is 1. The van der Waals surface area contributed by atoms with E-state index in [1.54, 1.807) is 43.3 Å². The molecular weight excluding hydrogens is 448 g/mol. The first-order chi connectivity index (χ1) is 15.9. The van der Waals surface area contributed by atoms with Crippen molar-refractivity contribution in [3.63, 3.8) is 0 Å². The Hall–Kier alpha value is -3.86. The maximum Gasteiger partial charge on any atom is 0.338 e. The van der Waals surface area contributed by atoms with Gasteiger partial charge in [0.15, 0.2) is 16.7 Å². The molecule has 0 aromatic heterocycles. The van der Waals surface area contributed by atoms with E-state index in [-0.39, 0.29) is 35.8 Å². The van der Waals surface area contributed by atoms with Gasteiger partial charge in [-0.05, 0) is 55.0 Å². The molecule has 2 aromatic rings. The minimum Gasteiger partial charge on any atom is -0.504 e. The van der Waals surface area contributed by atoms with Crippen LogP contribution in [0.3, 0.4) is 0 Å². The maximum atomic E-state index is 12.3. The van der Waals surface area contributed by atoms with Gasteiger partial charge in [0, 0.05) is 12.1 Å². The van der Waals surface area contributed by atoms with Crippen molar-refractivity contribution in [1.82, 2.24) is 5.32 Å². The number of nitrogens with zero attached hydrogens (tertiary/aromatic N) is 2. The highest BCUT2D eigenvalue weighted by Gasteiger charge is 2.32. The highest BCUT2D eigenvalue weighted by Crippen LogP contribution is 2.26. The number of rotatable bonds is 8. The number of benzene rings is 2. The number of amidine groups is 1. The second-order valence-corrected chi connectivity index (χ2v) is 7.92. The molecule has 0 aliphatic carbocycles. The fourth-order valence-corrected chi connectivity index (χ4v) is 3.72. The first-order valence-electron chi connectivity index (χ1n) is 9.92. The Kier molecular flexibility index (Phi) is 8.03. The monoisotopic (exact) mass is 470 g/mol. The molecule has 10 nitrogen and oxygen atoms in total. The smallest absolute Gasteiger partial charge is 0.338 e. The highest BCUT2D eigenvalue weighted by atomic mass is 32.2. The van der Waals surface area contributed by atoms with E-state index in [1.807, 2.05) is 0 Å². The normalized spacial score (nSPS) is 16.6. The van der Waals surface area contributed by atoms with Crippen molar-refractivity contribution in [2.45, 2.75) is 18.6 Å². The van der Waals surface area contributed by atoms with Crippen LogP contribution in [0.15, 0.2) is 52.7 Å². The summed E-state index contributed by atoms with van der Waals surface area (Å²) < 4.78 is 9.95. The van der Waals surface area contributed by atoms with Crippen molar-refractivity contribution < 1.29 is 29.0 Å². The third-order valence-corrected chi connectivity index (χ3v) is 5.46. The van der Waals surface area contributed by atoms with Crippen LogP contribution < -0.4 is 15.4 Å². The van der Waals surface area contributed by atoms with Crippen LogP contribution in [0.4, 0.5) is 5.69 Å². The van der Waals surface area contributed by atoms with Gasteiger partial charge in [-0.15, -0.1) is 5.10 Å². The Morgan fingerprint density at radius 2 is 2.00 bits per heavy atom. The molecule has 0 bridgehead atoms. The van der Waals surface area contributed by atoms with Crippen molar-refractivity contribution >= 4 is 46.6 Å². The summed E-state index contributed by atoms with van der Waals surface area (Å²) in [5.74, 6) is -0.818. The average Bonchev–Trinajstić information content (AvgIpc) is 3.14. The minimum absolute atomic E-state index is 0.00985. The van der Waals surface area contributed by atoms with E-state index in [0.29, 0.717) is 22.6 Å². The standard InChI is InChI=1S/C22H22N4O6S/c1-3-32-21(30)14-5-7-15(8-6-14)24-19(28)11-18-20(29)25-22(33-18)26-23-12-13-4-9-16(27)17(10-13)31-2/h4-10,12,18,27H,3,11H2,1-2H3,(H,24,28)(H,25,26,29)/b23-12-/t18-/m1/s1. The largest absolute Gasteiger partial charge is 0.504 e. The third kappa shape index (κ3) is 6.56. The van der Waals surface area contributed by atoms with Gasteiger partial charge in [-0.3, -0.25) is 9.59 Å². The van der Waals surface area contributed by atoms with Gasteiger partial charge in [-0.2, -0.15) is 5.10 Å². The Morgan fingerprint density at radius 1 is 1.24 bits per heavy atom. The van der Waals surface area contributed by atoms with Crippen molar-refractivity contribution in [3.05, 3.63) is 53.6 Å². The lowest BCUT2D eigenvalue weighted by Crippen LogP contribution is -2.28. The van der Waals surface area contributed by atoms with Crippen LogP contribution in [0.5, 0.6) is 11.5 Å². The quantitative estimate of drug-likeness (QED) is 0.306. The maximum absolute atomic E-state index is 12.3. The Labute approximate surface area is 194 Å². The van der Waals surface area contributed by atoms with E-state index in [2.05, 4.69) is 20.8 Å². The SMILES string of the molecule is CCOC(=O)c1ccc(NC(=O)C[C@H]2S/C(=N\N=C/c3ccc(O)c(OC)c3)NC2=O)cc1. The fraction of sp³-hybridized carbons (Fsp3) is 0.227. The molecule has 0 spiro atoms. The summed E-state index contributed by atoms with van der Waals surface area (Å²) in [5, 5.41) is 22.4. The summed E-state index contributed by atoms with van der Waals surface area (Å²) in [6.07, 6.45) is 1.38. The molecule has 0 unspecified atom stereocenters. The predicted octanol–water partition coefficient (Wildman–Crippen LogP) is 2.53. The van der Waals surface area contributed by atoms with E-state index in [1.165, 1.54) is 19.4 Å². The average molecular weight is 471 g/mol. The van der Waals surface area contributed by atoms with E-state index >= 15 is 0 Å². The van der Waals surface area contributed by atoms with Gasteiger partial charge in [0.05, 0.1) is 25.5 Å². The molecule has 3 rings (SSSR count). The van der Waals surface area contributed by atoms with Crippen LogP contribution in [0.2, 0.25) is 0 Å². The van der Waals surface area contributed by atoms with Gasteiger partial charge in [0.1, 0.15) is 5.25 Å². The summed E-state index contributed by atoms with van der Waals surface area (Å²) in [6, 6.07) is 11.0. The molecule has 1 heterocycles. The molecule has 0 radical (unpaired) electrons. The van der Waals surface area contributed by atoms with Crippen LogP contribution in [-0.2, 0) is 14.3 Å². The topological polar surface area (TPSA) is 139 Å². The molecule has 1 atom stereocenters. The first-order valence-corrected chi connectivity index (χ1v) is 10.8. The number of carbonyl (C=O) groups is 3. The van der Waals surface area contributed by atoms with Gasteiger partial charge in [-0.25, -0.2) is 4.79 Å². The summed E-state index contributed by atoms with van der Waals surface area (Å²) in [6.45, 7) is 2.00. The number of carbonyl (C=O) groups excluding carboxylic acids is 3. The molecule has 2 aromatic carbocycles. The number of phenolic OH excluding ortho intramolecular Hbond substituents is 1. The molecule has 3 N–H and O–H groups in total. The lowest BCUT2D eigenvalue weighted by Gasteiger charge is -2.08. The molecule has 11 heteroatoms. The van der Waals surface area contributed by atoms with E-state index in [4.69, 9.17) is 9.47 Å². The van der Waals surface area contributed by atoms with Crippen LogP contribution in [-0.4, -0.2) is 53.2 Å². The number of amides is 2. The molecule has 33 heavy (non-hydrogen) atoms. The number of nitrogens with one attached hydrogen (secondary N) is 2. The molecule has 1 saturated heterocycles. The van der Waals surface area contributed by atoms with Gasteiger partial charge in [-0.1, -0.05) is 11.8 Å². The number of aromatic hydroxyl groups is 1. The van der Waals surface area contributed by atoms with Crippen LogP contribution in [0.25, 0.3) is 0 Å². The Bertz CT molecular complexity index is 1100. The third-order valence-electron chi connectivity index (χ3n) is 4.39. The zero-order valence-electron chi connectivity index (χ0n) is 17.9. The number of thioether (sulfide) groups is 1.